The molecule has 2 aromatic rings. The van der Waals surface area contributed by atoms with Crippen LogP contribution in [0, 0.1) is 0 Å². The van der Waals surface area contributed by atoms with Crippen molar-refractivity contribution >= 4 is 37.2 Å². The minimum absolute atomic E-state index is 0.0132. The van der Waals surface area contributed by atoms with Crippen LogP contribution in [0.3, 0.4) is 0 Å². The van der Waals surface area contributed by atoms with E-state index in [0.717, 1.165) is 17.3 Å². The van der Waals surface area contributed by atoms with Crippen LogP contribution in [0.5, 0.6) is 0 Å². The predicted molar refractivity (Wildman–Crippen MR) is 122 cm³/mol. The Balaban J connectivity index is 2.00. The molecule has 0 saturated carbocycles. The molecule has 1 aliphatic rings. The molecule has 2 heterocycles. The summed E-state index contributed by atoms with van der Waals surface area (Å²) in [5.41, 5.74) is 1.71. The fourth-order valence-corrected chi connectivity index (χ4v) is 6.11. The first kappa shape index (κ1) is 24.6. The third-order valence-corrected chi connectivity index (χ3v) is 9.03. The minimum atomic E-state index is -3.75. The van der Waals surface area contributed by atoms with Crippen LogP contribution in [0.15, 0.2) is 35.6 Å². The third-order valence-electron chi connectivity index (χ3n) is 5.49. The van der Waals surface area contributed by atoms with Crippen molar-refractivity contribution in [2.75, 3.05) is 17.3 Å². The lowest BCUT2D eigenvalue weighted by Crippen LogP contribution is -2.41. The van der Waals surface area contributed by atoms with Gasteiger partial charge in [0, 0.05) is 12.6 Å². The molecule has 11 heteroatoms. The Morgan fingerprint density at radius 2 is 1.91 bits per heavy atom. The van der Waals surface area contributed by atoms with Crippen LogP contribution >= 0.6 is 11.6 Å². The number of sulfone groups is 2. The molecule has 1 amide bonds. The van der Waals surface area contributed by atoms with Gasteiger partial charge in [0.15, 0.2) is 15.5 Å². The van der Waals surface area contributed by atoms with E-state index in [0.29, 0.717) is 12.3 Å². The quantitative estimate of drug-likeness (QED) is 0.538. The topological polar surface area (TPSA) is 114 Å². The summed E-state index contributed by atoms with van der Waals surface area (Å²) in [6, 6.07) is 7.17. The van der Waals surface area contributed by atoms with Gasteiger partial charge in [-0.05, 0) is 23.5 Å². The van der Waals surface area contributed by atoms with Crippen molar-refractivity contribution in [2.24, 2.45) is 0 Å². The van der Waals surface area contributed by atoms with Crippen molar-refractivity contribution in [3.63, 3.8) is 0 Å². The van der Waals surface area contributed by atoms with Crippen LogP contribution in [0.2, 0.25) is 5.02 Å². The second kappa shape index (κ2) is 9.44. The van der Waals surface area contributed by atoms with Gasteiger partial charge in [0.25, 0.3) is 5.91 Å². The van der Waals surface area contributed by atoms with Gasteiger partial charge in [-0.15, -0.1) is 0 Å². The van der Waals surface area contributed by atoms with E-state index in [4.69, 9.17) is 11.6 Å². The predicted octanol–water partition coefficient (Wildman–Crippen LogP) is 2.88. The van der Waals surface area contributed by atoms with E-state index in [1.165, 1.54) is 11.8 Å². The standard InChI is InChI=1S/C21H26ClN3O5S2/c1-4-32(29,30)21-23-11-18(22)19(24-21)20(26)25(17-9-10-31(27,28)13-17)12-15-5-7-16(8-6-15)14(2)3/h5-8,11,14,17H,4,9-10,12-13H2,1-3H3/t17-/m1/s1. The van der Waals surface area contributed by atoms with Crippen molar-refractivity contribution in [1.82, 2.24) is 14.9 Å². The maximum atomic E-state index is 13.5. The number of rotatable bonds is 7. The fraction of sp³-hybridized carbons (Fsp3) is 0.476. The smallest absolute Gasteiger partial charge is 0.274 e. The molecule has 0 aliphatic carbocycles. The summed E-state index contributed by atoms with van der Waals surface area (Å²) < 4.78 is 48.6. The average Bonchev–Trinajstić information content (AvgIpc) is 3.11. The van der Waals surface area contributed by atoms with Gasteiger partial charge in [0.1, 0.15) is 0 Å². The Morgan fingerprint density at radius 1 is 1.25 bits per heavy atom. The molecular weight excluding hydrogens is 474 g/mol. The molecule has 8 nitrogen and oxygen atoms in total. The van der Waals surface area contributed by atoms with Crippen LogP contribution in [-0.4, -0.2) is 60.9 Å². The van der Waals surface area contributed by atoms with Crippen molar-refractivity contribution in [1.29, 1.82) is 0 Å². The van der Waals surface area contributed by atoms with Crippen molar-refractivity contribution < 1.29 is 21.6 Å². The van der Waals surface area contributed by atoms with E-state index < -0.39 is 36.8 Å². The molecule has 1 saturated heterocycles. The van der Waals surface area contributed by atoms with E-state index in [-0.39, 0.29) is 34.5 Å². The second-order valence-electron chi connectivity index (χ2n) is 8.14. The second-order valence-corrected chi connectivity index (χ2v) is 12.9. The van der Waals surface area contributed by atoms with Gasteiger partial charge < -0.3 is 4.90 Å². The Labute approximate surface area is 193 Å². The first-order valence-electron chi connectivity index (χ1n) is 10.3. The Hall–Kier alpha value is -2.04. The monoisotopic (exact) mass is 499 g/mol. The van der Waals surface area contributed by atoms with Gasteiger partial charge in [0.05, 0.1) is 28.5 Å². The normalized spacial score (nSPS) is 18.1. The number of amides is 1. The fourth-order valence-electron chi connectivity index (χ4n) is 3.51. The molecule has 1 aromatic heterocycles. The minimum Gasteiger partial charge on any atom is -0.329 e. The zero-order valence-electron chi connectivity index (χ0n) is 18.2. The summed E-state index contributed by atoms with van der Waals surface area (Å²) in [6.45, 7) is 5.75. The summed E-state index contributed by atoms with van der Waals surface area (Å²) in [6.07, 6.45) is 1.38. The number of benzene rings is 1. The highest BCUT2D eigenvalue weighted by Crippen LogP contribution is 2.25. The van der Waals surface area contributed by atoms with Crippen molar-refractivity contribution in [3.8, 4) is 0 Å². The van der Waals surface area contributed by atoms with Crippen LogP contribution in [0.4, 0.5) is 0 Å². The zero-order chi connectivity index (χ0) is 23.7. The van der Waals surface area contributed by atoms with E-state index >= 15 is 0 Å². The molecule has 0 N–H and O–H groups in total. The molecule has 0 spiro atoms. The summed E-state index contributed by atoms with van der Waals surface area (Å²) in [7, 11) is -7.02. The third kappa shape index (κ3) is 5.47. The molecular formula is C21H26ClN3O5S2. The van der Waals surface area contributed by atoms with Crippen molar-refractivity contribution in [2.45, 2.75) is 50.9 Å². The molecule has 32 heavy (non-hydrogen) atoms. The van der Waals surface area contributed by atoms with Gasteiger partial charge in [-0.25, -0.2) is 26.8 Å². The lowest BCUT2D eigenvalue weighted by Gasteiger charge is -2.28. The number of carbonyl (C=O) groups is 1. The Kier molecular flexibility index (Phi) is 7.26. The number of carbonyl (C=O) groups excluding carboxylic acids is 1. The summed E-state index contributed by atoms with van der Waals surface area (Å²) >= 11 is 6.16. The molecule has 1 aromatic carbocycles. The maximum Gasteiger partial charge on any atom is 0.274 e. The van der Waals surface area contributed by atoms with Crippen LogP contribution in [0.25, 0.3) is 0 Å². The number of hydrogen-bond donors (Lipinski definition) is 0. The number of nitrogens with zero attached hydrogens (tertiary/aromatic N) is 3. The zero-order valence-corrected chi connectivity index (χ0v) is 20.5. The lowest BCUT2D eigenvalue weighted by molar-refractivity contribution is 0.0674. The van der Waals surface area contributed by atoms with E-state index in [1.54, 1.807) is 0 Å². The molecule has 3 rings (SSSR count). The molecule has 1 fully saturated rings. The molecule has 1 atom stereocenters. The molecule has 1 aliphatic heterocycles. The van der Waals surface area contributed by atoms with Gasteiger partial charge in [0.2, 0.25) is 15.0 Å². The molecule has 0 bridgehead atoms. The van der Waals surface area contributed by atoms with Crippen molar-refractivity contribution in [3.05, 3.63) is 52.3 Å². The summed E-state index contributed by atoms with van der Waals surface area (Å²) in [5.74, 6) is -0.679. The van der Waals surface area contributed by atoms with Gasteiger partial charge >= 0.3 is 0 Å². The SMILES string of the molecule is CCS(=O)(=O)c1ncc(Cl)c(C(=O)N(Cc2ccc(C(C)C)cc2)[C@@H]2CCS(=O)(=O)C2)n1. The van der Waals surface area contributed by atoms with Crippen LogP contribution in [0.1, 0.15) is 54.7 Å². The maximum absolute atomic E-state index is 13.5. The highest BCUT2D eigenvalue weighted by Gasteiger charge is 2.36. The first-order chi connectivity index (χ1) is 14.9. The van der Waals surface area contributed by atoms with E-state index in [9.17, 15) is 21.6 Å². The van der Waals surface area contributed by atoms with Gasteiger partial charge in [-0.2, -0.15) is 0 Å². The number of halogens is 1. The molecule has 174 valence electrons. The van der Waals surface area contributed by atoms with Gasteiger partial charge in [-0.1, -0.05) is 56.6 Å². The highest BCUT2D eigenvalue weighted by atomic mass is 35.5. The van der Waals surface area contributed by atoms with E-state index in [2.05, 4.69) is 23.8 Å². The van der Waals surface area contributed by atoms with E-state index in [1.807, 2.05) is 24.3 Å². The highest BCUT2D eigenvalue weighted by molar-refractivity contribution is 7.91. The number of hydrogen-bond acceptors (Lipinski definition) is 7. The Morgan fingerprint density at radius 3 is 2.44 bits per heavy atom. The molecule has 0 radical (unpaired) electrons. The van der Waals surface area contributed by atoms with Crippen LogP contribution in [-0.2, 0) is 26.2 Å². The van der Waals surface area contributed by atoms with Gasteiger partial charge in [-0.3, -0.25) is 4.79 Å². The number of aromatic nitrogens is 2. The summed E-state index contributed by atoms with van der Waals surface area (Å²) in [5, 5.41) is -0.570. The lowest BCUT2D eigenvalue weighted by atomic mass is 10.0. The average molecular weight is 500 g/mol. The largest absolute Gasteiger partial charge is 0.329 e. The molecule has 0 unspecified atom stereocenters. The Bertz CT molecular complexity index is 1210. The van der Waals surface area contributed by atoms with Crippen LogP contribution < -0.4 is 0 Å². The summed E-state index contributed by atoms with van der Waals surface area (Å²) in [4.78, 5) is 22.6. The first-order valence-corrected chi connectivity index (χ1v) is 14.1.